The van der Waals surface area contributed by atoms with E-state index in [1.807, 2.05) is 0 Å². The van der Waals surface area contributed by atoms with Crippen molar-refractivity contribution in [3.8, 4) is 11.3 Å². The zero-order chi connectivity index (χ0) is 16.9. The molecule has 24 heavy (non-hydrogen) atoms. The molecule has 0 spiro atoms. The summed E-state index contributed by atoms with van der Waals surface area (Å²) >= 11 is 0. The zero-order valence-corrected chi connectivity index (χ0v) is 14.5. The summed E-state index contributed by atoms with van der Waals surface area (Å²) in [6.07, 6.45) is 7.40. The summed E-state index contributed by atoms with van der Waals surface area (Å²) in [5.41, 5.74) is 2.33. The molecule has 1 saturated carbocycles. The van der Waals surface area contributed by atoms with Crippen molar-refractivity contribution in [2.24, 2.45) is 0 Å². The van der Waals surface area contributed by atoms with Gasteiger partial charge in [0.15, 0.2) is 11.7 Å². The molecule has 0 aliphatic heterocycles. The minimum Gasteiger partial charge on any atom is -0.441 e. The number of amides is 1. The Kier molecular flexibility index (Phi) is 5.34. The zero-order valence-electron chi connectivity index (χ0n) is 14.5. The Hall–Kier alpha value is -2.10. The minimum absolute atomic E-state index is 0.0999. The molecule has 2 aromatic rings. The second-order valence-corrected chi connectivity index (χ2v) is 6.94. The van der Waals surface area contributed by atoms with Gasteiger partial charge in [0, 0.05) is 24.4 Å². The maximum Gasteiger partial charge on any atom is 0.220 e. The third kappa shape index (κ3) is 4.25. The van der Waals surface area contributed by atoms with E-state index in [9.17, 15) is 4.79 Å². The van der Waals surface area contributed by atoms with E-state index in [1.165, 1.54) is 18.4 Å². The van der Waals surface area contributed by atoms with E-state index >= 15 is 0 Å². The summed E-state index contributed by atoms with van der Waals surface area (Å²) in [5.74, 6) is 2.00. The van der Waals surface area contributed by atoms with Crippen LogP contribution in [0.4, 0.5) is 0 Å². The molecule has 0 atom stereocenters. The molecule has 1 aromatic heterocycles. The first-order chi connectivity index (χ1) is 11.6. The molecular formula is C20H26N2O2. The van der Waals surface area contributed by atoms with E-state index in [-0.39, 0.29) is 5.91 Å². The van der Waals surface area contributed by atoms with E-state index in [0.29, 0.717) is 30.7 Å². The highest BCUT2D eigenvalue weighted by Gasteiger charge is 2.17. The van der Waals surface area contributed by atoms with Crippen molar-refractivity contribution in [3.63, 3.8) is 0 Å². The fourth-order valence-electron chi connectivity index (χ4n) is 3.18. The maximum atomic E-state index is 12.0. The summed E-state index contributed by atoms with van der Waals surface area (Å²) in [6, 6.07) is 8.74. The van der Waals surface area contributed by atoms with Crippen molar-refractivity contribution in [2.75, 3.05) is 0 Å². The van der Waals surface area contributed by atoms with Crippen LogP contribution in [0.5, 0.6) is 0 Å². The number of nitrogens with zero attached hydrogens (tertiary/aromatic N) is 1. The topological polar surface area (TPSA) is 55.1 Å². The quantitative estimate of drug-likeness (QED) is 0.853. The lowest BCUT2D eigenvalue weighted by atomic mass is 10.0. The molecule has 3 rings (SSSR count). The lowest BCUT2D eigenvalue weighted by molar-refractivity contribution is -0.121. The van der Waals surface area contributed by atoms with Gasteiger partial charge in [0.25, 0.3) is 0 Å². The summed E-state index contributed by atoms with van der Waals surface area (Å²) in [4.78, 5) is 16.3. The molecule has 1 aliphatic rings. The third-order valence-electron chi connectivity index (χ3n) is 4.70. The van der Waals surface area contributed by atoms with Gasteiger partial charge in [0.2, 0.25) is 5.91 Å². The first-order valence-electron chi connectivity index (χ1n) is 8.96. The van der Waals surface area contributed by atoms with Gasteiger partial charge in [-0.1, -0.05) is 51.0 Å². The fourth-order valence-corrected chi connectivity index (χ4v) is 3.18. The van der Waals surface area contributed by atoms with Crippen LogP contribution in [0.1, 0.15) is 63.3 Å². The second kappa shape index (κ2) is 7.65. The molecule has 0 bridgehead atoms. The second-order valence-electron chi connectivity index (χ2n) is 6.94. The molecule has 4 nitrogen and oxygen atoms in total. The molecule has 0 unspecified atom stereocenters. The van der Waals surface area contributed by atoms with Crippen LogP contribution >= 0.6 is 0 Å². The van der Waals surface area contributed by atoms with Crippen molar-refractivity contribution in [1.29, 1.82) is 0 Å². The fraction of sp³-hybridized carbons (Fsp3) is 0.500. The van der Waals surface area contributed by atoms with Crippen LogP contribution in [0.25, 0.3) is 11.3 Å². The van der Waals surface area contributed by atoms with Crippen LogP contribution in [-0.2, 0) is 11.2 Å². The van der Waals surface area contributed by atoms with Gasteiger partial charge >= 0.3 is 0 Å². The number of oxazole rings is 1. The first-order valence-corrected chi connectivity index (χ1v) is 8.96. The van der Waals surface area contributed by atoms with Crippen LogP contribution in [0, 0.1) is 0 Å². The average molecular weight is 326 g/mol. The van der Waals surface area contributed by atoms with Crippen molar-refractivity contribution < 1.29 is 9.21 Å². The van der Waals surface area contributed by atoms with Crippen LogP contribution in [0.15, 0.2) is 34.9 Å². The van der Waals surface area contributed by atoms with Gasteiger partial charge in [-0.15, -0.1) is 0 Å². The predicted molar refractivity (Wildman–Crippen MR) is 94.7 cm³/mol. The summed E-state index contributed by atoms with van der Waals surface area (Å²) in [7, 11) is 0. The van der Waals surface area contributed by atoms with Crippen molar-refractivity contribution in [1.82, 2.24) is 10.3 Å². The normalized spacial score (nSPS) is 15.1. The maximum absolute atomic E-state index is 12.0. The standard InChI is InChI=1S/C20H26N2O2/c1-14(2)15-7-9-16(10-8-15)18-13-21-20(24-18)12-11-19(23)22-17-5-3-4-6-17/h7-10,13-14,17H,3-6,11-12H2,1-2H3,(H,22,23). The number of carbonyl (C=O) groups is 1. The van der Waals surface area contributed by atoms with E-state index in [1.54, 1.807) is 6.20 Å². The van der Waals surface area contributed by atoms with Crippen LogP contribution in [-0.4, -0.2) is 16.9 Å². The van der Waals surface area contributed by atoms with Gasteiger partial charge in [-0.05, 0) is 24.3 Å². The van der Waals surface area contributed by atoms with Crippen molar-refractivity contribution >= 4 is 5.91 Å². The largest absolute Gasteiger partial charge is 0.441 e. The molecule has 4 heteroatoms. The summed E-state index contributed by atoms with van der Waals surface area (Å²) in [6.45, 7) is 4.36. The van der Waals surface area contributed by atoms with E-state index < -0.39 is 0 Å². The molecule has 0 saturated heterocycles. The van der Waals surface area contributed by atoms with Gasteiger partial charge < -0.3 is 9.73 Å². The monoisotopic (exact) mass is 326 g/mol. The lowest BCUT2D eigenvalue weighted by Crippen LogP contribution is -2.32. The molecule has 1 amide bonds. The first kappa shape index (κ1) is 16.7. The van der Waals surface area contributed by atoms with Crippen molar-refractivity contribution in [3.05, 3.63) is 41.9 Å². The molecule has 1 heterocycles. The Morgan fingerprint density at radius 1 is 1.25 bits per heavy atom. The number of benzene rings is 1. The van der Waals surface area contributed by atoms with Gasteiger partial charge in [0.05, 0.1) is 6.20 Å². The molecular weight excluding hydrogens is 300 g/mol. The number of hydrogen-bond donors (Lipinski definition) is 1. The molecule has 0 radical (unpaired) electrons. The molecule has 1 aliphatic carbocycles. The highest BCUT2D eigenvalue weighted by molar-refractivity contribution is 5.76. The van der Waals surface area contributed by atoms with Gasteiger partial charge in [0.1, 0.15) is 0 Å². The SMILES string of the molecule is CC(C)c1ccc(-c2cnc(CCC(=O)NC3CCCC3)o2)cc1. The number of carbonyl (C=O) groups excluding carboxylic acids is 1. The molecule has 128 valence electrons. The summed E-state index contributed by atoms with van der Waals surface area (Å²) < 4.78 is 5.80. The highest BCUT2D eigenvalue weighted by atomic mass is 16.4. The van der Waals surface area contributed by atoms with E-state index in [2.05, 4.69) is 48.4 Å². The number of aryl methyl sites for hydroxylation is 1. The van der Waals surface area contributed by atoms with Crippen LogP contribution < -0.4 is 5.32 Å². The molecule has 1 N–H and O–H groups in total. The van der Waals surface area contributed by atoms with Crippen LogP contribution in [0.2, 0.25) is 0 Å². The lowest BCUT2D eigenvalue weighted by Gasteiger charge is -2.10. The predicted octanol–water partition coefficient (Wildman–Crippen LogP) is 4.46. The van der Waals surface area contributed by atoms with Gasteiger partial charge in [-0.3, -0.25) is 4.79 Å². The number of nitrogens with one attached hydrogen (secondary N) is 1. The molecule has 1 fully saturated rings. The van der Waals surface area contributed by atoms with Crippen LogP contribution in [0.3, 0.4) is 0 Å². The Balaban J connectivity index is 1.54. The van der Waals surface area contributed by atoms with Gasteiger partial charge in [-0.2, -0.15) is 0 Å². The minimum atomic E-state index is 0.0999. The Labute approximate surface area is 143 Å². The van der Waals surface area contributed by atoms with Gasteiger partial charge in [-0.25, -0.2) is 4.98 Å². The number of hydrogen-bond acceptors (Lipinski definition) is 3. The smallest absolute Gasteiger partial charge is 0.220 e. The average Bonchev–Trinajstić information content (AvgIpc) is 3.24. The Bertz CT molecular complexity index is 667. The highest BCUT2D eigenvalue weighted by Crippen LogP contribution is 2.24. The van der Waals surface area contributed by atoms with E-state index in [4.69, 9.17) is 4.42 Å². The number of aromatic nitrogens is 1. The Morgan fingerprint density at radius 2 is 1.96 bits per heavy atom. The third-order valence-corrected chi connectivity index (χ3v) is 4.70. The number of rotatable bonds is 6. The van der Waals surface area contributed by atoms with E-state index in [0.717, 1.165) is 24.2 Å². The molecule has 1 aromatic carbocycles. The Morgan fingerprint density at radius 3 is 2.62 bits per heavy atom. The summed E-state index contributed by atoms with van der Waals surface area (Å²) in [5, 5.41) is 3.10. The van der Waals surface area contributed by atoms with Crippen molar-refractivity contribution in [2.45, 2.75) is 64.3 Å².